The second kappa shape index (κ2) is 5.47. The molecule has 18 heavy (non-hydrogen) atoms. The quantitative estimate of drug-likeness (QED) is 0.742. The lowest BCUT2D eigenvalue weighted by Gasteiger charge is -2.28. The highest BCUT2D eigenvalue weighted by molar-refractivity contribution is 8.67. The van der Waals surface area contributed by atoms with Crippen LogP contribution in [0.5, 0.6) is 0 Å². The Kier molecular flexibility index (Phi) is 3.72. The minimum absolute atomic E-state index is 1.18. The summed E-state index contributed by atoms with van der Waals surface area (Å²) in [7, 11) is 0. The second-order valence-corrected chi connectivity index (χ2v) is 10.9. The van der Waals surface area contributed by atoms with E-state index in [-0.39, 0.29) is 0 Å². The van der Waals surface area contributed by atoms with Crippen molar-refractivity contribution in [2.45, 2.75) is 12.8 Å². The summed E-state index contributed by atoms with van der Waals surface area (Å²) >= 11 is 2.23. The summed E-state index contributed by atoms with van der Waals surface area (Å²) in [5, 5.41) is 3.14. The van der Waals surface area contributed by atoms with Gasteiger partial charge in [0.15, 0.2) is 0 Å². The van der Waals surface area contributed by atoms with Gasteiger partial charge in [0.05, 0.1) is 6.16 Å². The van der Waals surface area contributed by atoms with Crippen molar-refractivity contribution in [3.63, 3.8) is 0 Å². The maximum atomic E-state index is 2.33. The van der Waals surface area contributed by atoms with Crippen molar-refractivity contribution in [1.29, 1.82) is 0 Å². The van der Waals surface area contributed by atoms with Crippen LogP contribution in [0.4, 0.5) is 0 Å². The molecule has 0 unspecified atom stereocenters. The van der Waals surface area contributed by atoms with Crippen molar-refractivity contribution in [2.24, 2.45) is 0 Å². The van der Waals surface area contributed by atoms with Gasteiger partial charge in [0.1, 0.15) is 17.1 Å². The molecule has 92 valence electrons. The fourth-order valence-electron chi connectivity index (χ4n) is 2.62. The van der Waals surface area contributed by atoms with E-state index in [4.69, 9.17) is 0 Å². The first kappa shape index (κ1) is 12.3. The molecule has 1 aliphatic rings. The first-order valence-electron chi connectivity index (χ1n) is 6.56. The Hall–Kier alpha value is -0.780. The van der Waals surface area contributed by atoms with Gasteiger partial charge >= 0.3 is 0 Å². The van der Waals surface area contributed by atoms with Gasteiger partial charge in [-0.2, -0.15) is 0 Å². The fourth-order valence-corrected chi connectivity index (χ4v) is 10.2. The zero-order valence-electron chi connectivity index (χ0n) is 10.5. The third kappa shape index (κ3) is 2.22. The van der Waals surface area contributed by atoms with Crippen LogP contribution < -0.4 is 10.6 Å². The lowest BCUT2D eigenvalue weighted by atomic mass is 10.4. The summed E-state index contributed by atoms with van der Waals surface area (Å²) in [6.45, 7) is -1.18. The molecule has 1 aliphatic heterocycles. The second-order valence-electron chi connectivity index (χ2n) is 4.67. The summed E-state index contributed by atoms with van der Waals surface area (Å²) in [6, 6.07) is 22.3. The monoisotopic (exact) mass is 273 g/mol. The minimum Gasteiger partial charge on any atom is -0.0620 e. The number of rotatable bonds is 2. The van der Waals surface area contributed by atoms with Gasteiger partial charge in [-0.1, -0.05) is 36.4 Å². The van der Waals surface area contributed by atoms with Crippen LogP contribution in [0.25, 0.3) is 0 Å². The SMILES string of the molecule is c1ccc([P+]2(c3ccccc3)CCCCS2)cc1. The molecular weight excluding hydrogens is 255 g/mol. The maximum absolute atomic E-state index is 2.33. The topological polar surface area (TPSA) is 0 Å². The Morgan fingerprint density at radius 3 is 1.72 bits per heavy atom. The van der Waals surface area contributed by atoms with Crippen LogP contribution in [0, 0.1) is 0 Å². The van der Waals surface area contributed by atoms with Crippen LogP contribution in [-0.2, 0) is 0 Å². The van der Waals surface area contributed by atoms with Crippen molar-refractivity contribution in [1.82, 2.24) is 0 Å². The van der Waals surface area contributed by atoms with Gasteiger partial charge in [0, 0.05) is 17.1 Å². The minimum atomic E-state index is -1.18. The predicted octanol–water partition coefficient (Wildman–Crippen LogP) is 4.10. The molecule has 0 nitrogen and oxygen atoms in total. The van der Waals surface area contributed by atoms with Crippen LogP contribution in [0.3, 0.4) is 0 Å². The van der Waals surface area contributed by atoms with Crippen LogP contribution >= 0.6 is 17.8 Å². The third-order valence-electron chi connectivity index (χ3n) is 3.53. The van der Waals surface area contributed by atoms with Crippen LogP contribution in [0.1, 0.15) is 12.8 Å². The van der Waals surface area contributed by atoms with Gasteiger partial charge in [0.25, 0.3) is 0 Å². The molecule has 0 amide bonds. The average molecular weight is 273 g/mol. The Morgan fingerprint density at radius 1 is 0.722 bits per heavy atom. The van der Waals surface area contributed by atoms with E-state index in [1.807, 2.05) is 0 Å². The van der Waals surface area contributed by atoms with Gasteiger partial charge in [-0.05, 0) is 37.1 Å². The Bertz CT molecular complexity index is 448. The van der Waals surface area contributed by atoms with E-state index in [1.165, 1.54) is 24.8 Å². The lowest BCUT2D eigenvalue weighted by Crippen LogP contribution is -2.24. The molecule has 0 aliphatic carbocycles. The van der Waals surface area contributed by atoms with Crippen LogP contribution in [0.2, 0.25) is 0 Å². The van der Waals surface area contributed by atoms with Crippen molar-refractivity contribution in [3.05, 3.63) is 60.7 Å². The fraction of sp³-hybridized carbons (Fsp3) is 0.250. The molecule has 0 atom stereocenters. The van der Waals surface area contributed by atoms with Gasteiger partial charge in [-0.15, -0.1) is 0 Å². The average Bonchev–Trinajstić information content (AvgIpc) is 2.50. The molecule has 0 spiro atoms. The van der Waals surface area contributed by atoms with Crippen molar-refractivity contribution in [3.8, 4) is 0 Å². The van der Waals surface area contributed by atoms with E-state index < -0.39 is 6.46 Å². The van der Waals surface area contributed by atoms with Gasteiger partial charge in [-0.25, -0.2) is 0 Å². The molecule has 0 saturated carbocycles. The van der Waals surface area contributed by atoms with E-state index in [1.54, 1.807) is 10.6 Å². The summed E-state index contributed by atoms with van der Waals surface area (Å²) in [6.07, 6.45) is 4.13. The molecule has 1 heterocycles. The third-order valence-corrected chi connectivity index (χ3v) is 11.3. The molecule has 0 bridgehead atoms. The van der Waals surface area contributed by atoms with E-state index in [0.717, 1.165) is 0 Å². The van der Waals surface area contributed by atoms with Gasteiger partial charge in [-0.3, -0.25) is 0 Å². The standard InChI is InChI=1S/C16H18PS/c1-3-9-15(10-4-1)17(13-7-8-14-18-17)16-11-5-2-6-12-16/h1-6,9-12H,7-8,13-14H2/q+1. The molecule has 2 aromatic carbocycles. The lowest BCUT2D eigenvalue weighted by molar-refractivity contribution is 0.898. The maximum Gasteiger partial charge on any atom is 0.138 e. The summed E-state index contributed by atoms with van der Waals surface area (Å²) in [5.74, 6) is 1.32. The van der Waals surface area contributed by atoms with Crippen molar-refractivity contribution < 1.29 is 0 Å². The number of hydrogen-bond acceptors (Lipinski definition) is 1. The Labute approximate surface area is 114 Å². The van der Waals surface area contributed by atoms with Gasteiger partial charge in [0.2, 0.25) is 0 Å². The van der Waals surface area contributed by atoms with E-state index in [9.17, 15) is 0 Å². The predicted molar refractivity (Wildman–Crippen MR) is 85.6 cm³/mol. The zero-order chi connectivity index (χ0) is 12.3. The summed E-state index contributed by atoms with van der Waals surface area (Å²) < 4.78 is 0. The number of hydrogen-bond donors (Lipinski definition) is 0. The molecule has 1 fully saturated rings. The smallest absolute Gasteiger partial charge is 0.0620 e. The van der Waals surface area contributed by atoms with Crippen molar-refractivity contribution >= 4 is 28.5 Å². The molecule has 3 rings (SSSR count). The van der Waals surface area contributed by atoms with E-state index >= 15 is 0 Å². The normalized spacial score (nSPS) is 18.4. The van der Waals surface area contributed by atoms with E-state index in [2.05, 4.69) is 72.0 Å². The molecule has 2 aromatic rings. The molecule has 2 heteroatoms. The highest BCUT2D eigenvalue weighted by atomic mass is 32.7. The Balaban J connectivity index is 2.10. The van der Waals surface area contributed by atoms with Crippen LogP contribution in [0.15, 0.2) is 60.7 Å². The zero-order valence-corrected chi connectivity index (χ0v) is 12.2. The molecular formula is C16H18PS+. The summed E-state index contributed by atoms with van der Waals surface area (Å²) in [4.78, 5) is 0. The Morgan fingerprint density at radius 2 is 1.28 bits per heavy atom. The molecule has 1 saturated heterocycles. The number of benzene rings is 2. The first-order chi connectivity index (χ1) is 8.92. The van der Waals surface area contributed by atoms with Crippen molar-refractivity contribution in [2.75, 3.05) is 11.9 Å². The van der Waals surface area contributed by atoms with Gasteiger partial charge < -0.3 is 0 Å². The molecule has 0 radical (unpaired) electrons. The summed E-state index contributed by atoms with van der Waals surface area (Å²) in [5.41, 5.74) is 0. The first-order valence-corrected chi connectivity index (χ1v) is 10.1. The highest BCUT2D eigenvalue weighted by Crippen LogP contribution is 2.70. The van der Waals surface area contributed by atoms with Crippen LogP contribution in [-0.4, -0.2) is 11.9 Å². The molecule has 0 N–H and O–H groups in total. The largest absolute Gasteiger partial charge is 0.138 e. The molecule has 0 aromatic heterocycles. The highest BCUT2D eigenvalue weighted by Gasteiger charge is 2.45. The van der Waals surface area contributed by atoms with E-state index in [0.29, 0.717) is 0 Å².